The second-order valence-corrected chi connectivity index (χ2v) is 40.8. The van der Waals surface area contributed by atoms with Crippen molar-refractivity contribution in [2.45, 2.75) is 126 Å². The number of phosphoric ester groups is 4. The Morgan fingerprint density at radius 2 is 0.558 bits per heavy atom. The molecule has 20 atom stereocenters. The lowest BCUT2D eigenvalue weighted by molar-refractivity contribution is -0.178. The summed E-state index contributed by atoms with van der Waals surface area (Å²) >= 11 is 0. The van der Waals surface area contributed by atoms with Gasteiger partial charge in [-0.25, -0.2) is 91.5 Å². The number of nitrogens with zero attached hydrogens (tertiary/aromatic N) is 4. The molecule has 64 nitrogen and oxygen atoms in total. The number of aromatic nitrogens is 8. The Hall–Kier alpha value is -4.24. The van der Waals surface area contributed by atoms with E-state index in [-0.39, 0.29) is 26.8 Å². The van der Waals surface area contributed by atoms with Gasteiger partial charge in [-0.2, -0.15) is 34.5 Å². The summed E-state index contributed by atoms with van der Waals surface area (Å²) in [7, 11) is -70.2. The zero-order chi connectivity index (χ0) is 97.9. The quantitative estimate of drug-likeness (QED) is 0.0167. The van der Waals surface area contributed by atoms with Gasteiger partial charge in [-0.3, -0.25) is 75.5 Å². The van der Waals surface area contributed by atoms with Crippen molar-refractivity contribution in [3.63, 3.8) is 0 Å². The van der Waals surface area contributed by atoms with Crippen molar-refractivity contribution >= 4 is 93.9 Å². The number of halogens is 4. The van der Waals surface area contributed by atoms with E-state index in [1.54, 1.807) is 9.97 Å². The van der Waals surface area contributed by atoms with Gasteiger partial charge in [-0.15, -0.1) is 0 Å². The molecule has 4 fully saturated rings. The van der Waals surface area contributed by atoms with Crippen LogP contribution in [-0.4, -0.2) is 211 Å². The summed E-state index contributed by atoms with van der Waals surface area (Å²) in [5.41, 5.74) is -8.48. The van der Waals surface area contributed by atoms with Crippen LogP contribution in [0.15, 0.2) is 63.1 Å². The number of aliphatic hydroxyl groups is 4. The van der Waals surface area contributed by atoms with Crippen LogP contribution in [0.4, 0.5) is 17.6 Å². The molecule has 0 amide bonds. The molecule has 80 heteroatoms. The molecule has 0 radical (unpaired) electrons. The second kappa shape index (κ2) is 38.8. The minimum absolute atomic E-state index is 0.0232. The molecule has 0 spiro atoms. The number of alkyl halides is 4. The molecule has 0 saturated carbocycles. The van der Waals surface area contributed by atoms with Gasteiger partial charge in [0.05, 0.1) is 8.22 Å². The monoisotopic (exact) mass is 2010 g/mol. The van der Waals surface area contributed by atoms with Crippen molar-refractivity contribution < 1.29 is 251 Å². The number of phosphoric acid groups is 12. The van der Waals surface area contributed by atoms with E-state index in [0.717, 1.165) is 25.5 Å². The second-order valence-electron chi connectivity index (χ2n) is 23.2. The third-order valence-corrected chi connectivity index (χ3v) is 28.0. The van der Waals surface area contributed by atoms with Crippen LogP contribution in [0.5, 0.6) is 0 Å². The molecule has 4 aliphatic rings. The van der Waals surface area contributed by atoms with Crippen LogP contribution in [0, 0.1) is 27.7 Å². The highest BCUT2D eigenvalue weighted by Gasteiger charge is 2.56. The topological polar surface area (TPSA) is 977 Å². The summed E-state index contributed by atoms with van der Waals surface area (Å²) in [4.78, 5) is 242. The summed E-state index contributed by atoms with van der Waals surface area (Å²) in [6.07, 6.45) is -19.3. The molecule has 120 heavy (non-hydrogen) atoms. The summed E-state index contributed by atoms with van der Waals surface area (Å²) in [6.45, 7) is -6.36. The van der Waals surface area contributed by atoms with Gasteiger partial charge in [0, 0.05) is 72.7 Å². The number of hydrogen-bond donors (Lipinski definition) is 24. The van der Waals surface area contributed by atoms with E-state index in [1.807, 2.05) is 9.97 Å². The zero-order valence-corrected chi connectivity index (χ0v) is 69.1. The maximum Gasteiger partial charge on any atom is 0.490 e. The predicted octanol–water partition coefficient (Wildman–Crippen LogP) is -3.46. The fraction of sp³-hybridized carbons (Fsp3) is 0.600. The molecular weight excluding hydrogens is 1940 g/mol. The number of nitrogens with one attached hydrogen (secondary N) is 4. The minimum Gasteiger partial charge on any atom is -0.388 e. The molecule has 8 heterocycles. The predicted molar refractivity (Wildman–Crippen MR) is 362 cm³/mol. The standard InChI is InChI=1S/4C10H16FN2O14P3/c4*1-5-3-13(9(16)12-7(5)15)8-6(14)2-10(11,25-8)4-24-29(20,21)27-30(22,23)26-28(17,18)19/h4*3,6,8,14H,2,4H2,1H3,(H,20,21)(H,22,23)(H,12,15,16)(H2,17,18,19)/t4*6-,8-,10+/m1111/s1/i4D2,8D;8D;4D2;. The lowest BCUT2D eigenvalue weighted by Gasteiger charge is -2.22. The number of aryl methyl sites for hydroxylation is 4. The number of rotatable bonds is 32. The van der Waals surface area contributed by atoms with Crippen LogP contribution in [0.25, 0.3) is 0 Å². The Balaban J connectivity index is 0.000000298. The molecule has 8 unspecified atom stereocenters. The molecule has 8 rings (SSSR count). The van der Waals surface area contributed by atoms with Gasteiger partial charge in [-0.05, 0) is 27.7 Å². The highest BCUT2D eigenvalue weighted by atomic mass is 31.3. The zero-order valence-electron chi connectivity index (χ0n) is 64.3. The van der Waals surface area contributed by atoms with Gasteiger partial charge in [0.2, 0.25) is 23.4 Å². The smallest absolute Gasteiger partial charge is 0.388 e. The molecule has 4 aliphatic heterocycles. The van der Waals surface area contributed by atoms with Crippen LogP contribution >= 0.6 is 93.9 Å². The normalized spacial score (nSPS) is 31.0. The summed E-state index contributed by atoms with van der Waals surface area (Å²) in [5, 5.41) is 40.2. The van der Waals surface area contributed by atoms with Gasteiger partial charge in [0.25, 0.3) is 22.2 Å². The van der Waals surface area contributed by atoms with Crippen molar-refractivity contribution in [3.05, 3.63) is 130 Å². The average Bonchev–Trinajstić information content (AvgIpc) is 1.60. The first-order chi connectivity index (χ1) is 55.9. The molecule has 688 valence electrons. The Bertz CT molecular complexity index is 5940. The summed E-state index contributed by atoms with van der Waals surface area (Å²) < 4.78 is 305. The van der Waals surface area contributed by atoms with E-state index < -0.39 is 264 Å². The third-order valence-electron chi connectivity index (χ3n) is 13.1. The Morgan fingerprint density at radius 1 is 0.350 bits per heavy atom. The van der Waals surface area contributed by atoms with Crippen molar-refractivity contribution in [1.29, 1.82) is 0 Å². The first kappa shape index (κ1) is 96.4. The fourth-order valence-corrected chi connectivity index (χ4v) is 20.6. The van der Waals surface area contributed by atoms with Crippen LogP contribution in [-0.2, 0) is 126 Å². The lowest BCUT2D eigenvalue weighted by Crippen LogP contribution is -2.36. The maximum absolute atomic E-state index is 15.3. The van der Waals surface area contributed by atoms with Crippen molar-refractivity contribution in [2.75, 3.05) is 26.3 Å². The molecule has 0 bridgehead atoms. The average molecular weight is 2010 g/mol. The van der Waals surface area contributed by atoms with Crippen molar-refractivity contribution in [2.24, 2.45) is 0 Å². The molecular formula is C40H64F4N8O56P12. The maximum atomic E-state index is 15.3. The Morgan fingerprint density at radius 3 is 0.842 bits per heavy atom. The van der Waals surface area contributed by atoms with Crippen LogP contribution in [0.2, 0.25) is 0 Å². The highest BCUT2D eigenvalue weighted by Crippen LogP contribution is 2.70. The molecule has 4 aromatic rings. The van der Waals surface area contributed by atoms with Crippen LogP contribution in [0.3, 0.4) is 0 Å². The number of aliphatic hydroxyl groups excluding tert-OH is 4. The van der Waals surface area contributed by atoms with Gasteiger partial charge in [-0.1, -0.05) is 0 Å². The van der Waals surface area contributed by atoms with E-state index in [1.165, 1.54) is 20.8 Å². The van der Waals surface area contributed by atoms with Crippen molar-refractivity contribution in [1.82, 2.24) is 38.2 Å². The van der Waals surface area contributed by atoms with Gasteiger partial charge >= 0.3 is 117 Å². The SMILES string of the molecule is Cc1cn([C@@H]2O[C@](F)(COP(=O)(O)OP(=O)(O)OP(=O)(O)O)C[C@H]2O)c(=O)[nH]c1=O.[2H]C([2H])(OP(=O)(O)OP(=O)(O)OP(=O)(O)O)[C@]1(F)C[C@@H](O)[C@H](n2cc(C)c(=O)[nH]c2=O)O1.[2H]C([2H])(OP(=O)(O)OP(=O)(O)OP(=O)(O)O)[C@]1(F)C[C@@H](O)[C@]([2H])(n2cc(C)c(=O)[nH]c2=O)O1.[2H][C@@]1(n2cc(C)c(=O)[nH]c2=O)O[C@](F)(COP(=O)(O)OP(=O)(O)OP(=O)(O)O)C[C@H]1O. The summed E-state index contributed by atoms with van der Waals surface area (Å²) in [5.74, 6) is -14.1. The van der Waals surface area contributed by atoms with E-state index in [2.05, 4.69) is 57.3 Å². The van der Waals surface area contributed by atoms with Gasteiger partial charge in [0.1, 0.15) is 50.7 Å². The molecule has 0 aliphatic carbocycles. The van der Waals surface area contributed by atoms with Gasteiger partial charge < -0.3 is 118 Å². The van der Waals surface area contributed by atoms with E-state index in [4.69, 9.17) is 81.2 Å². The molecule has 4 aromatic heterocycles. The number of aromatic amines is 4. The first-order valence-corrected chi connectivity index (χ1v) is 47.8. The first-order valence-electron chi connectivity index (χ1n) is 32.7. The van der Waals surface area contributed by atoms with E-state index >= 15 is 8.78 Å². The van der Waals surface area contributed by atoms with Gasteiger partial charge in [0.15, 0.2) is 24.9 Å². The third kappa shape index (κ3) is 33.5. The van der Waals surface area contributed by atoms with Crippen LogP contribution < -0.4 is 45.0 Å². The van der Waals surface area contributed by atoms with Crippen LogP contribution in [0.1, 0.15) is 81.0 Å². The number of ether oxygens (including phenoxy) is 4. The number of H-pyrrole nitrogens is 4. The Labute approximate surface area is 664 Å². The largest absolute Gasteiger partial charge is 0.490 e. The molecule has 24 N–H and O–H groups in total. The highest BCUT2D eigenvalue weighted by molar-refractivity contribution is 7.68. The minimum atomic E-state index is -6.21. The van der Waals surface area contributed by atoms with E-state index in [0.29, 0.717) is 19.9 Å². The van der Waals surface area contributed by atoms with E-state index in [9.17, 15) is 142 Å². The van der Waals surface area contributed by atoms with Crippen molar-refractivity contribution in [3.8, 4) is 0 Å². The molecule has 4 saturated heterocycles. The Kier molecular flexibility index (Phi) is 31.1. The summed E-state index contributed by atoms with van der Waals surface area (Å²) in [6, 6.07) is 0. The molecule has 0 aromatic carbocycles. The lowest BCUT2D eigenvalue weighted by atomic mass is 10.2. The number of hydrogen-bond acceptors (Lipinski definition) is 40. The fourth-order valence-electron chi connectivity index (χ4n) is 8.76.